The zero-order valence-corrected chi connectivity index (χ0v) is 25.4. The van der Waals surface area contributed by atoms with E-state index in [1.54, 1.807) is 35.0 Å². The van der Waals surface area contributed by atoms with Gasteiger partial charge >= 0.3 is 0 Å². The maximum Gasteiger partial charge on any atom is 0.276 e. The number of nitrogens with one attached hydrogen (secondary N) is 1. The second kappa shape index (κ2) is 9.92. The van der Waals surface area contributed by atoms with Crippen LogP contribution in [-0.2, 0) is 39.6 Å². The number of pyridine rings is 2. The molecule has 1 atom stereocenters. The summed E-state index contributed by atoms with van der Waals surface area (Å²) in [5, 5.41) is 18.2. The van der Waals surface area contributed by atoms with Crippen molar-refractivity contribution >= 4 is 23.2 Å². The zero-order valence-electron chi connectivity index (χ0n) is 25.4. The highest BCUT2D eigenvalue weighted by Gasteiger charge is 2.38. The average molecular weight is 583 g/mol. The van der Waals surface area contributed by atoms with E-state index in [1.165, 1.54) is 11.3 Å². The second-order valence-electron chi connectivity index (χ2n) is 12.9. The first kappa shape index (κ1) is 27.6. The zero-order chi connectivity index (χ0) is 30.2. The first-order valence-corrected chi connectivity index (χ1v) is 14.9. The van der Waals surface area contributed by atoms with E-state index < -0.39 is 0 Å². The lowest BCUT2D eigenvalue weighted by molar-refractivity contribution is 0.0962. The Morgan fingerprint density at radius 1 is 1.05 bits per heavy atom. The molecule has 0 spiro atoms. The largest absolute Gasteiger partial charge is 0.392 e. The van der Waals surface area contributed by atoms with Gasteiger partial charge in [0.1, 0.15) is 17.2 Å². The first-order valence-electron chi connectivity index (χ1n) is 14.9. The number of carbonyl (C=O) groups excluding carboxylic acids is 1. The van der Waals surface area contributed by atoms with Crippen molar-refractivity contribution in [2.45, 2.75) is 59.4 Å². The Morgan fingerprint density at radius 3 is 2.65 bits per heavy atom. The summed E-state index contributed by atoms with van der Waals surface area (Å²) < 4.78 is 5.69. The molecule has 0 unspecified atom stereocenters. The molecule has 2 aliphatic heterocycles. The quantitative estimate of drug-likeness (QED) is 0.371. The molecule has 0 bridgehead atoms. The fourth-order valence-electron chi connectivity index (χ4n) is 7.09. The maximum absolute atomic E-state index is 14.1. The Kier molecular flexibility index (Phi) is 6.37. The third-order valence-electron chi connectivity index (χ3n) is 9.45. The van der Waals surface area contributed by atoms with E-state index in [2.05, 4.69) is 47.6 Å². The van der Waals surface area contributed by atoms with Crippen LogP contribution in [0.1, 0.15) is 59.8 Å². The minimum absolute atomic E-state index is 0.130. The van der Waals surface area contributed by atoms with E-state index in [0.717, 1.165) is 31.6 Å². The summed E-state index contributed by atoms with van der Waals surface area (Å²) in [5.74, 6) is 0.957. The van der Waals surface area contributed by atoms with E-state index >= 15 is 0 Å². The number of likely N-dealkylation sites (N-methyl/N-ethyl adjacent to an activating group) is 1. The highest BCUT2D eigenvalue weighted by Crippen LogP contribution is 2.41. The van der Waals surface area contributed by atoms with Crippen molar-refractivity contribution in [3.63, 3.8) is 0 Å². The van der Waals surface area contributed by atoms with Crippen molar-refractivity contribution in [2.75, 3.05) is 30.4 Å². The van der Waals surface area contributed by atoms with Crippen LogP contribution in [0, 0.1) is 5.41 Å². The van der Waals surface area contributed by atoms with Gasteiger partial charge in [-0.15, -0.1) is 0 Å². The van der Waals surface area contributed by atoms with Crippen molar-refractivity contribution in [1.82, 2.24) is 28.8 Å². The monoisotopic (exact) mass is 582 g/mol. The van der Waals surface area contributed by atoms with Gasteiger partial charge in [-0.2, -0.15) is 5.10 Å². The van der Waals surface area contributed by atoms with Crippen LogP contribution in [0.15, 0.2) is 41.5 Å². The minimum atomic E-state index is -0.271. The molecule has 0 radical (unpaired) electrons. The number of aliphatic hydroxyl groups is 1. The molecule has 43 heavy (non-hydrogen) atoms. The van der Waals surface area contributed by atoms with E-state index in [9.17, 15) is 14.7 Å². The summed E-state index contributed by atoms with van der Waals surface area (Å²) in [5.41, 5.74) is 6.48. The number of fused-ring (bicyclic) bond motifs is 4. The molecule has 1 aliphatic carbocycles. The number of aromatic nitrogens is 5. The Labute approximate surface area is 250 Å². The lowest BCUT2D eigenvalue weighted by Gasteiger charge is -2.33. The van der Waals surface area contributed by atoms with Crippen LogP contribution in [0.3, 0.4) is 0 Å². The average Bonchev–Trinajstić information content (AvgIpc) is 3.64. The van der Waals surface area contributed by atoms with Gasteiger partial charge in [0.2, 0.25) is 0 Å². The van der Waals surface area contributed by atoms with Gasteiger partial charge in [-0.3, -0.25) is 33.6 Å². The molecule has 1 amide bonds. The molecule has 11 nitrogen and oxygen atoms in total. The van der Waals surface area contributed by atoms with Crippen molar-refractivity contribution in [2.24, 2.45) is 12.5 Å². The van der Waals surface area contributed by atoms with Gasteiger partial charge in [0.05, 0.1) is 18.8 Å². The molecule has 4 aromatic heterocycles. The molecule has 0 saturated heterocycles. The number of rotatable bonds is 5. The van der Waals surface area contributed by atoms with Crippen LogP contribution < -0.4 is 15.8 Å². The predicted octanol–water partition coefficient (Wildman–Crippen LogP) is 3.47. The number of aliphatic hydroxyl groups excluding tert-OH is 1. The second-order valence-corrected chi connectivity index (χ2v) is 12.9. The number of nitrogens with zero attached hydrogens (tertiary/aromatic N) is 7. The van der Waals surface area contributed by atoms with Gasteiger partial charge in [-0.05, 0) is 61.6 Å². The molecular formula is C32H38N8O3. The van der Waals surface area contributed by atoms with E-state index in [1.807, 2.05) is 22.9 Å². The van der Waals surface area contributed by atoms with E-state index in [-0.39, 0.29) is 29.5 Å². The van der Waals surface area contributed by atoms with Crippen LogP contribution in [0.5, 0.6) is 0 Å². The molecule has 0 saturated carbocycles. The van der Waals surface area contributed by atoms with Crippen LogP contribution in [0.2, 0.25) is 0 Å². The lowest BCUT2D eigenvalue weighted by Crippen LogP contribution is -2.43. The molecule has 3 aliphatic rings. The Morgan fingerprint density at radius 2 is 1.86 bits per heavy atom. The molecule has 0 aromatic carbocycles. The molecule has 11 heteroatoms. The predicted molar refractivity (Wildman–Crippen MR) is 165 cm³/mol. The molecule has 6 heterocycles. The molecule has 4 aromatic rings. The number of anilines is 3. The minimum Gasteiger partial charge on any atom is -0.392 e. The number of carbonyl (C=O) groups is 1. The third-order valence-corrected chi connectivity index (χ3v) is 9.45. The molecule has 224 valence electrons. The van der Waals surface area contributed by atoms with Crippen molar-refractivity contribution in [3.8, 4) is 11.1 Å². The topological polar surface area (TPSA) is 113 Å². The molecule has 7 rings (SSSR count). The summed E-state index contributed by atoms with van der Waals surface area (Å²) in [6, 6.07) is 7.83. The lowest BCUT2D eigenvalue weighted by atomic mass is 9.90. The SMILES string of the molecule is C[C@H]1c2cc(Nc3cc(-c4ccncc4CO)c(N4CCn5c(cc6c5CC(C)(C)C6)C4=O)n(C)c3=O)nn2CCN1C. The Balaban J connectivity index is 1.33. The summed E-state index contributed by atoms with van der Waals surface area (Å²) in [7, 11) is 3.79. The maximum atomic E-state index is 14.1. The van der Waals surface area contributed by atoms with Crippen molar-refractivity contribution < 1.29 is 9.90 Å². The Hall–Kier alpha value is -4.22. The van der Waals surface area contributed by atoms with Gasteiger partial charge in [0.15, 0.2) is 5.82 Å². The van der Waals surface area contributed by atoms with Crippen LogP contribution in [0.4, 0.5) is 17.3 Å². The van der Waals surface area contributed by atoms with E-state index in [4.69, 9.17) is 5.10 Å². The molecule has 2 N–H and O–H groups in total. The van der Waals surface area contributed by atoms with Crippen molar-refractivity contribution in [3.05, 3.63) is 75.2 Å². The van der Waals surface area contributed by atoms with Gasteiger partial charge < -0.3 is 15.0 Å². The van der Waals surface area contributed by atoms with E-state index in [0.29, 0.717) is 52.8 Å². The van der Waals surface area contributed by atoms with Gasteiger partial charge in [-0.1, -0.05) is 13.8 Å². The number of hydrogen-bond donors (Lipinski definition) is 2. The highest BCUT2D eigenvalue weighted by atomic mass is 16.3. The van der Waals surface area contributed by atoms with Gasteiger partial charge in [0.25, 0.3) is 11.5 Å². The summed E-state index contributed by atoms with van der Waals surface area (Å²) in [6.07, 6.45) is 5.17. The molecule has 0 fully saturated rings. The van der Waals surface area contributed by atoms with Gasteiger partial charge in [-0.25, -0.2) is 0 Å². The smallest absolute Gasteiger partial charge is 0.276 e. The third kappa shape index (κ3) is 4.41. The first-order chi connectivity index (χ1) is 20.6. The standard InChI is InChI=1S/C32H38N8O3/c1-19-25-14-28(35-40(25)11-8-36(19)4)34-24-13-23(22-6-7-33-17-21(22)18-41)29(37(5)30(24)42)39-10-9-38-26(31(39)43)12-20-15-32(2,3)16-27(20)38/h6-7,12-14,17,19,41H,8-11,15-16,18H2,1-5H3,(H,34,35)/t19-/m0/s1. The summed E-state index contributed by atoms with van der Waals surface area (Å²) in [4.78, 5) is 36.2. The number of amides is 1. The van der Waals surface area contributed by atoms with Gasteiger partial charge in [0, 0.05) is 68.0 Å². The fraction of sp³-hybridized carbons (Fsp3) is 0.438. The van der Waals surface area contributed by atoms with Crippen LogP contribution in [0.25, 0.3) is 11.1 Å². The number of hydrogen-bond acceptors (Lipinski definition) is 7. The summed E-state index contributed by atoms with van der Waals surface area (Å²) in [6.45, 7) is 9.19. The normalized spacial score (nSPS) is 19.3. The molecular weight excluding hydrogens is 544 g/mol. The Bertz CT molecular complexity index is 1830. The van der Waals surface area contributed by atoms with Crippen molar-refractivity contribution in [1.29, 1.82) is 0 Å². The van der Waals surface area contributed by atoms with Crippen LogP contribution >= 0.6 is 0 Å². The highest BCUT2D eigenvalue weighted by molar-refractivity contribution is 6.08. The van der Waals surface area contributed by atoms with Crippen LogP contribution in [-0.4, -0.2) is 59.9 Å². The fourth-order valence-corrected chi connectivity index (χ4v) is 7.09. The summed E-state index contributed by atoms with van der Waals surface area (Å²) >= 11 is 0.